The predicted octanol–water partition coefficient (Wildman–Crippen LogP) is 4.59. The Morgan fingerprint density at radius 2 is 1.83 bits per heavy atom. The number of carbonyl (C=O) groups is 1. The molecule has 1 N–H and O–H groups in total. The molecule has 0 radical (unpaired) electrons. The Bertz CT molecular complexity index is 1320. The van der Waals surface area contributed by atoms with Crippen molar-refractivity contribution in [1.29, 1.82) is 0 Å². The van der Waals surface area contributed by atoms with Crippen molar-refractivity contribution in [3.05, 3.63) is 81.7 Å². The third-order valence-corrected chi connectivity index (χ3v) is 5.00. The number of benzene rings is 3. The number of fused-ring (bicyclic) bond motifs is 2. The smallest absolute Gasteiger partial charge is 0.244 e. The third-order valence-electron chi connectivity index (χ3n) is 4.69. The lowest BCUT2D eigenvalue weighted by atomic mass is 10.1. The lowest BCUT2D eigenvalue weighted by Crippen LogP contribution is -2.21. The molecule has 1 aromatic heterocycles. The minimum Gasteiger partial charge on any atom is -0.497 e. The van der Waals surface area contributed by atoms with E-state index < -0.39 is 5.82 Å². The van der Waals surface area contributed by atoms with E-state index in [9.17, 15) is 14.0 Å². The van der Waals surface area contributed by atoms with Crippen LogP contribution >= 0.6 is 11.6 Å². The summed E-state index contributed by atoms with van der Waals surface area (Å²) >= 11 is 6.00. The highest BCUT2D eigenvalue weighted by Gasteiger charge is 2.15. The molecule has 0 aliphatic heterocycles. The lowest BCUT2D eigenvalue weighted by Gasteiger charge is -2.16. The number of anilines is 1. The first kappa shape index (κ1) is 19.0. The van der Waals surface area contributed by atoms with Crippen LogP contribution in [0, 0.1) is 5.82 Å². The molecule has 0 aliphatic carbocycles. The molecule has 0 unspecified atom stereocenters. The Labute approximate surface area is 170 Å². The van der Waals surface area contributed by atoms with Crippen molar-refractivity contribution in [3.63, 3.8) is 0 Å². The first-order valence-corrected chi connectivity index (χ1v) is 9.20. The Balaban J connectivity index is 1.82. The molecule has 7 heteroatoms. The summed E-state index contributed by atoms with van der Waals surface area (Å²) in [6.45, 7) is -0.0582. The molecule has 3 aromatic carbocycles. The summed E-state index contributed by atoms with van der Waals surface area (Å²) in [6.07, 6.45) is 0. The zero-order valence-electron chi connectivity index (χ0n) is 15.4. The summed E-state index contributed by atoms with van der Waals surface area (Å²) < 4.78 is 20.2. The number of halogens is 2. The van der Waals surface area contributed by atoms with Gasteiger partial charge in [-0.15, -0.1) is 0 Å². The second-order valence-electron chi connectivity index (χ2n) is 6.49. The van der Waals surface area contributed by atoms with E-state index in [1.54, 1.807) is 41.0 Å². The molecule has 0 bridgehead atoms. The number of amides is 1. The number of aromatic nitrogens is 1. The van der Waals surface area contributed by atoms with Gasteiger partial charge in [-0.05, 0) is 48.5 Å². The Kier molecular flexibility index (Phi) is 4.94. The average molecular weight is 411 g/mol. The van der Waals surface area contributed by atoms with E-state index in [2.05, 4.69) is 5.32 Å². The van der Waals surface area contributed by atoms with Crippen molar-refractivity contribution >= 4 is 45.0 Å². The highest BCUT2D eigenvalue weighted by Crippen LogP contribution is 2.25. The maximum Gasteiger partial charge on any atom is 0.244 e. The van der Waals surface area contributed by atoms with Gasteiger partial charge in [0.05, 0.1) is 28.9 Å². The SMILES string of the molecule is COc1ccc2c(c1)c(=O)c1ccccc1n2CC(=O)Nc1ccc(F)cc1Cl. The van der Waals surface area contributed by atoms with Gasteiger partial charge in [0.2, 0.25) is 5.91 Å². The summed E-state index contributed by atoms with van der Waals surface area (Å²) in [5, 5.41) is 3.76. The summed E-state index contributed by atoms with van der Waals surface area (Å²) in [7, 11) is 1.53. The number of para-hydroxylation sites is 1. The minimum absolute atomic E-state index is 0.0582. The maximum atomic E-state index is 13.2. The van der Waals surface area contributed by atoms with Gasteiger partial charge >= 0.3 is 0 Å². The second-order valence-corrected chi connectivity index (χ2v) is 6.90. The van der Waals surface area contributed by atoms with E-state index in [4.69, 9.17) is 16.3 Å². The fourth-order valence-corrected chi connectivity index (χ4v) is 3.54. The van der Waals surface area contributed by atoms with E-state index >= 15 is 0 Å². The number of hydrogen-bond acceptors (Lipinski definition) is 3. The van der Waals surface area contributed by atoms with E-state index in [1.165, 1.54) is 19.2 Å². The zero-order chi connectivity index (χ0) is 20.5. The number of nitrogens with one attached hydrogen (secondary N) is 1. The number of rotatable bonds is 4. The quantitative estimate of drug-likeness (QED) is 0.500. The Morgan fingerprint density at radius 1 is 1.07 bits per heavy atom. The molecular weight excluding hydrogens is 395 g/mol. The molecule has 0 atom stereocenters. The normalized spacial score (nSPS) is 11.0. The average Bonchev–Trinajstić information content (AvgIpc) is 2.73. The van der Waals surface area contributed by atoms with Gasteiger partial charge in [0.1, 0.15) is 18.1 Å². The van der Waals surface area contributed by atoms with Crippen molar-refractivity contribution in [1.82, 2.24) is 4.57 Å². The molecular formula is C22H16ClFN2O3. The Morgan fingerprint density at radius 3 is 2.59 bits per heavy atom. The van der Waals surface area contributed by atoms with E-state index in [0.29, 0.717) is 33.2 Å². The highest BCUT2D eigenvalue weighted by atomic mass is 35.5. The van der Waals surface area contributed by atoms with Crippen LogP contribution in [-0.4, -0.2) is 17.6 Å². The molecule has 4 rings (SSSR count). The van der Waals surface area contributed by atoms with Crippen LogP contribution in [0.2, 0.25) is 5.02 Å². The van der Waals surface area contributed by atoms with Crippen molar-refractivity contribution in [2.24, 2.45) is 0 Å². The van der Waals surface area contributed by atoms with Gasteiger partial charge in [0.25, 0.3) is 0 Å². The molecule has 0 saturated heterocycles. The van der Waals surface area contributed by atoms with Gasteiger partial charge in [0.15, 0.2) is 5.43 Å². The topological polar surface area (TPSA) is 60.3 Å². The molecule has 0 spiro atoms. The number of hydrogen-bond donors (Lipinski definition) is 1. The molecule has 4 aromatic rings. The molecule has 5 nitrogen and oxygen atoms in total. The van der Waals surface area contributed by atoms with Gasteiger partial charge < -0.3 is 14.6 Å². The van der Waals surface area contributed by atoms with Crippen molar-refractivity contribution in [3.8, 4) is 5.75 Å². The van der Waals surface area contributed by atoms with Crippen molar-refractivity contribution < 1.29 is 13.9 Å². The van der Waals surface area contributed by atoms with Crippen LogP contribution in [0.4, 0.5) is 10.1 Å². The van der Waals surface area contributed by atoms with Crippen LogP contribution in [0.1, 0.15) is 0 Å². The van der Waals surface area contributed by atoms with E-state index in [0.717, 1.165) is 6.07 Å². The van der Waals surface area contributed by atoms with Crippen molar-refractivity contribution in [2.45, 2.75) is 6.54 Å². The summed E-state index contributed by atoms with van der Waals surface area (Å²) in [6, 6.07) is 16.0. The monoisotopic (exact) mass is 410 g/mol. The fourth-order valence-electron chi connectivity index (χ4n) is 3.33. The van der Waals surface area contributed by atoms with Crippen LogP contribution in [0.15, 0.2) is 65.5 Å². The van der Waals surface area contributed by atoms with Gasteiger partial charge in [-0.2, -0.15) is 0 Å². The first-order chi connectivity index (χ1) is 14.0. The number of ether oxygens (including phenoxy) is 1. The minimum atomic E-state index is -0.487. The van der Waals surface area contributed by atoms with Gasteiger partial charge in [-0.25, -0.2) is 4.39 Å². The number of pyridine rings is 1. The maximum absolute atomic E-state index is 13.2. The van der Waals surface area contributed by atoms with Crippen LogP contribution in [-0.2, 0) is 11.3 Å². The summed E-state index contributed by atoms with van der Waals surface area (Å²) in [4.78, 5) is 25.7. The van der Waals surface area contributed by atoms with Gasteiger partial charge in [-0.3, -0.25) is 9.59 Å². The second kappa shape index (κ2) is 7.56. The Hall–Kier alpha value is -3.38. The summed E-state index contributed by atoms with van der Waals surface area (Å²) in [5.74, 6) is -0.289. The summed E-state index contributed by atoms with van der Waals surface area (Å²) in [5.41, 5.74) is 1.42. The van der Waals surface area contributed by atoms with Crippen LogP contribution in [0.25, 0.3) is 21.8 Å². The van der Waals surface area contributed by atoms with E-state index in [1.807, 2.05) is 6.07 Å². The van der Waals surface area contributed by atoms with Crippen LogP contribution < -0.4 is 15.5 Å². The van der Waals surface area contributed by atoms with Gasteiger partial charge in [-0.1, -0.05) is 23.7 Å². The lowest BCUT2D eigenvalue weighted by molar-refractivity contribution is -0.116. The molecule has 1 heterocycles. The van der Waals surface area contributed by atoms with E-state index in [-0.39, 0.29) is 22.9 Å². The van der Waals surface area contributed by atoms with Crippen molar-refractivity contribution in [2.75, 3.05) is 12.4 Å². The highest BCUT2D eigenvalue weighted by molar-refractivity contribution is 6.33. The molecule has 29 heavy (non-hydrogen) atoms. The van der Waals surface area contributed by atoms with Crippen LogP contribution in [0.3, 0.4) is 0 Å². The molecule has 146 valence electrons. The van der Waals surface area contributed by atoms with Crippen LogP contribution in [0.5, 0.6) is 5.75 Å². The largest absolute Gasteiger partial charge is 0.497 e. The zero-order valence-corrected chi connectivity index (χ0v) is 16.2. The number of methoxy groups -OCH3 is 1. The third kappa shape index (κ3) is 3.54. The number of nitrogens with zero attached hydrogens (tertiary/aromatic N) is 1. The molecule has 0 aliphatic rings. The first-order valence-electron chi connectivity index (χ1n) is 8.82. The standard InChI is InChI=1S/C22H16ClFN2O3/c1-29-14-7-9-20-16(11-14)22(28)15-4-2-3-5-19(15)26(20)12-21(27)25-18-8-6-13(24)10-17(18)23/h2-11H,12H2,1H3,(H,25,27). The predicted molar refractivity (Wildman–Crippen MR) is 112 cm³/mol. The molecule has 0 fully saturated rings. The van der Waals surface area contributed by atoms with Gasteiger partial charge in [0, 0.05) is 10.8 Å². The number of carbonyl (C=O) groups excluding carboxylic acids is 1. The molecule has 1 amide bonds. The fraction of sp³-hybridized carbons (Fsp3) is 0.0909. The molecule has 0 saturated carbocycles.